The topological polar surface area (TPSA) is 30.5 Å². The zero-order chi connectivity index (χ0) is 15.0. The number of ether oxygens (including phenoxy) is 2. The van der Waals surface area contributed by atoms with E-state index in [1.54, 1.807) is 0 Å². The molecule has 1 aromatic rings. The van der Waals surface area contributed by atoms with Crippen molar-refractivity contribution in [3.05, 3.63) is 29.8 Å². The fourth-order valence-corrected chi connectivity index (χ4v) is 1.79. The molecular weight excluding hydrogens is 250 g/mol. The van der Waals surface area contributed by atoms with Gasteiger partial charge in [-0.1, -0.05) is 32.9 Å². The molecule has 0 aromatic heterocycles. The van der Waals surface area contributed by atoms with Crippen molar-refractivity contribution in [1.29, 1.82) is 0 Å². The summed E-state index contributed by atoms with van der Waals surface area (Å²) in [5.74, 6) is 0.900. The maximum absolute atomic E-state index is 5.61. The molecule has 0 aliphatic carbocycles. The molecule has 0 saturated carbocycles. The van der Waals surface area contributed by atoms with Gasteiger partial charge in [0, 0.05) is 19.2 Å². The Balaban J connectivity index is 2.41. The summed E-state index contributed by atoms with van der Waals surface area (Å²) in [7, 11) is 0. The SMILES string of the molecule is CCOCCOc1ccc(C(C)NCC(C)(C)C)cc1. The Kier molecular flexibility index (Phi) is 7.03. The summed E-state index contributed by atoms with van der Waals surface area (Å²) in [5.41, 5.74) is 1.59. The third-order valence-corrected chi connectivity index (χ3v) is 3.02. The summed E-state index contributed by atoms with van der Waals surface area (Å²) < 4.78 is 10.9. The van der Waals surface area contributed by atoms with E-state index in [2.05, 4.69) is 45.1 Å². The zero-order valence-electron chi connectivity index (χ0n) is 13.5. The Bertz CT molecular complexity index is 368. The van der Waals surface area contributed by atoms with E-state index in [1.165, 1.54) is 5.56 Å². The van der Waals surface area contributed by atoms with Crippen molar-refractivity contribution in [2.45, 2.75) is 40.7 Å². The molecule has 1 rings (SSSR count). The van der Waals surface area contributed by atoms with E-state index >= 15 is 0 Å². The Hall–Kier alpha value is -1.06. The van der Waals surface area contributed by atoms with Crippen LogP contribution in [-0.2, 0) is 4.74 Å². The van der Waals surface area contributed by atoms with Crippen LogP contribution in [0.5, 0.6) is 5.75 Å². The summed E-state index contributed by atoms with van der Waals surface area (Å²) in [6.07, 6.45) is 0. The summed E-state index contributed by atoms with van der Waals surface area (Å²) in [5, 5.41) is 3.56. The maximum atomic E-state index is 5.61. The first-order valence-corrected chi connectivity index (χ1v) is 7.46. The molecule has 3 nitrogen and oxygen atoms in total. The number of hydrogen-bond acceptors (Lipinski definition) is 3. The summed E-state index contributed by atoms with van der Waals surface area (Å²) in [4.78, 5) is 0. The highest BCUT2D eigenvalue weighted by molar-refractivity contribution is 5.28. The lowest BCUT2D eigenvalue weighted by Crippen LogP contribution is -2.29. The van der Waals surface area contributed by atoms with Crippen molar-refractivity contribution in [3.8, 4) is 5.75 Å². The first-order valence-electron chi connectivity index (χ1n) is 7.46. The van der Waals surface area contributed by atoms with E-state index < -0.39 is 0 Å². The highest BCUT2D eigenvalue weighted by Crippen LogP contribution is 2.19. The van der Waals surface area contributed by atoms with Crippen LogP contribution in [-0.4, -0.2) is 26.4 Å². The van der Waals surface area contributed by atoms with Crippen molar-refractivity contribution in [3.63, 3.8) is 0 Å². The monoisotopic (exact) mass is 279 g/mol. The van der Waals surface area contributed by atoms with Crippen LogP contribution in [0.4, 0.5) is 0 Å². The average molecular weight is 279 g/mol. The first kappa shape index (κ1) is 17.0. The van der Waals surface area contributed by atoms with Gasteiger partial charge in [0.05, 0.1) is 6.61 Å². The van der Waals surface area contributed by atoms with Crippen molar-refractivity contribution >= 4 is 0 Å². The Morgan fingerprint density at radius 3 is 2.30 bits per heavy atom. The molecule has 0 aliphatic rings. The zero-order valence-corrected chi connectivity index (χ0v) is 13.5. The fourth-order valence-electron chi connectivity index (χ4n) is 1.79. The van der Waals surface area contributed by atoms with Crippen molar-refractivity contribution in [1.82, 2.24) is 5.32 Å². The standard InChI is InChI=1S/C17H29NO2/c1-6-19-11-12-20-16-9-7-15(8-10-16)14(2)18-13-17(3,4)5/h7-10,14,18H,6,11-13H2,1-5H3. The van der Waals surface area contributed by atoms with Crippen LogP contribution in [0.1, 0.15) is 46.2 Å². The second-order valence-electron chi connectivity index (χ2n) is 6.28. The van der Waals surface area contributed by atoms with Gasteiger partial charge in [0.15, 0.2) is 0 Å². The highest BCUT2D eigenvalue weighted by atomic mass is 16.5. The van der Waals surface area contributed by atoms with Gasteiger partial charge in [0.25, 0.3) is 0 Å². The molecule has 0 heterocycles. The molecule has 0 bridgehead atoms. The van der Waals surface area contributed by atoms with E-state index in [4.69, 9.17) is 9.47 Å². The molecular formula is C17H29NO2. The summed E-state index contributed by atoms with van der Waals surface area (Å²) in [6, 6.07) is 8.64. The molecule has 1 N–H and O–H groups in total. The number of rotatable bonds is 8. The van der Waals surface area contributed by atoms with Crippen LogP contribution >= 0.6 is 0 Å². The van der Waals surface area contributed by atoms with E-state index in [0.29, 0.717) is 24.7 Å². The van der Waals surface area contributed by atoms with Gasteiger partial charge in [-0.15, -0.1) is 0 Å². The van der Waals surface area contributed by atoms with Crippen LogP contribution in [0.2, 0.25) is 0 Å². The minimum atomic E-state index is 0.302. The highest BCUT2D eigenvalue weighted by Gasteiger charge is 2.12. The molecule has 1 atom stereocenters. The molecule has 1 unspecified atom stereocenters. The van der Waals surface area contributed by atoms with Gasteiger partial charge in [-0.05, 0) is 37.0 Å². The van der Waals surface area contributed by atoms with Crippen molar-refractivity contribution < 1.29 is 9.47 Å². The number of nitrogens with one attached hydrogen (secondary N) is 1. The van der Waals surface area contributed by atoms with Crippen LogP contribution < -0.4 is 10.1 Å². The van der Waals surface area contributed by atoms with Gasteiger partial charge >= 0.3 is 0 Å². The van der Waals surface area contributed by atoms with Gasteiger partial charge in [-0.25, -0.2) is 0 Å². The third kappa shape index (κ3) is 6.92. The van der Waals surface area contributed by atoms with Crippen LogP contribution in [0.15, 0.2) is 24.3 Å². The average Bonchev–Trinajstić information content (AvgIpc) is 2.41. The van der Waals surface area contributed by atoms with E-state index in [-0.39, 0.29) is 0 Å². The van der Waals surface area contributed by atoms with Crippen LogP contribution in [0.25, 0.3) is 0 Å². The molecule has 0 fully saturated rings. The lowest BCUT2D eigenvalue weighted by atomic mass is 9.96. The molecule has 114 valence electrons. The van der Waals surface area contributed by atoms with Gasteiger partial charge in [0.2, 0.25) is 0 Å². The second-order valence-corrected chi connectivity index (χ2v) is 6.28. The molecule has 0 aliphatic heterocycles. The Morgan fingerprint density at radius 2 is 1.75 bits per heavy atom. The first-order chi connectivity index (χ1) is 9.42. The molecule has 20 heavy (non-hydrogen) atoms. The van der Waals surface area contributed by atoms with Crippen LogP contribution in [0.3, 0.4) is 0 Å². The third-order valence-electron chi connectivity index (χ3n) is 3.02. The smallest absolute Gasteiger partial charge is 0.119 e. The summed E-state index contributed by atoms with van der Waals surface area (Å²) >= 11 is 0. The largest absolute Gasteiger partial charge is 0.491 e. The quantitative estimate of drug-likeness (QED) is 0.734. The lowest BCUT2D eigenvalue weighted by molar-refractivity contribution is 0.110. The predicted octanol–water partition coefficient (Wildman–Crippen LogP) is 3.80. The second kappa shape index (κ2) is 8.28. The van der Waals surface area contributed by atoms with Gasteiger partial charge in [-0.2, -0.15) is 0 Å². The molecule has 0 radical (unpaired) electrons. The fraction of sp³-hybridized carbons (Fsp3) is 0.647. The Labute approximate surface area is 123 Å². The summed E-state index contributed by atoms with van der Waals surface area (Å²) in [6.45, 7) is 13.9. The predicted molar refractivity (Wildman–Crippen MR) is 84.3 cm³/mol. The van der Waals surface area contributed by atoms with Crippen molar-refractivity contribution in [2.24, 2.45) is 5.41 Å². The molecule has 0 spiro atoms. The number of hydrogen-bond donors (Lipinski definition) is 1. The molecule has 0 amide bonds. The van der Waals surface area contributed by atoms with E-state index in [0.717, 1.165) is 18.9 Å². The van der Waals surface area contributed by atoms with E-state index in [1.807, 2.05) is 19.1 Å². The molecule has 0 saturated heterocycles. The molecule has 1 aromatic carbocycles. The molecule has 3 heteroatoms. The van der Waals surface area contributed by atoms with E-state index in [9.17, 15) is 0 Å². The maximum Gasteiger partial charge on any atom is 0.119 e. The normalized spacial score (nSPS) is 13.2. The van der Waals surface area contributed by atoms with Gasteiger partial charge in [0.1, 0.15) is 12.4 Å². The minimum Gasteiger partial charge on any atom is -0.491 e. The van der Waals surface area contributed by atoms with Gasteiger partial charge < -0.3 is 14.8 Å². The van der Waals surface area contributed by atoms with Crippen molar-refractivity contribution in [2.75, 3.05) is 26.4 Å². The lowest BCUT2D eigenvalue weighted by Gasteiger charge is -2.23. The van der Waals surface area contributed by atoms with Gasteiger partial charge in [-0.3, -0.25) is 0 Å². The van der Waals surface area contributed by atoms with Crippen LogP contribution in [0, 0.1) is 5.41 Å². The Morgan fingerprint density at radius 1 is 1.10 bits per heavy atom. The number of benzene rings is 1. The minimum absolute atomic E-state index is 0.302.